The number of anilines is 1. The second kappa shape index (κ2) is 7.10. The van der Waals surface area contributed by atoms with Crippen LogP contribution in [0.4, 0.5) is 5.69 Å². The van der Waals surface area contributed by atoms with E-state index in [4.69, 9.17) is 10.5 Å². The van der Waals surface area contributed by atoms with Gasteiger partial charge in [-0.05, 0) is 43.9 Å². The Morgan fingerprint density at radius 2 is 2.13 bits per heavy atom. The van der Waals surface area contributed by atoms with Gasteiger partial charge in [0.1, 0.15) is 6.10 Å². The number of hydrogen-bond donors (Lipinski definition) is 2. The van der Waals surface area contributed by atoms with Crippen molar-refractivity contribution < 1.29 is 14.3 Å². The van der Waals surface area contributed by atoms with E-state index in [0.717, 1.165) is 32.2 Å². The Labute approximate surface area is 136 Å². The summed E-state index contributed by atoms with van der Waals surface area (Å²) in [5, 5.41) is 2.83. The molecule has 2 atom stereocenters. The maximum Gasteiger partial charge on any atom is 0.253 e. The molecule has 2 fully saturated rings. The average molecular weight is 317 g/mol. The van der Waals surface area contributed by atoms with E-state index < -0.39 is 0 Å². The summed E-state index contributed by atoms with van der Waals surface area (Å²) in [5.41, 5.74) is 7.14. The van der Waals surface area contributed by atoms with E-state index in [0.29, 0.717) is 24.4 Å². The maximum absolute atomic E-state index is 12.6. The van der Waals surface area contributed by atoms with Crippen molar-refractivity contribution in [1.82, 2.24) is 4.90 Å². The molecule has 2 aliphatic rings. The predicted molar refractivity (Wildman–Crippen MR) is 87.2 cm³/mol. The van der Waals surface area contributed by atoms with E-state index in [-0.39, 0.29) is 24.0 Å². The van der Waals surface area contributed by atoms with Crippen LogP contribution in [0.15, 0.2) is 24.3 Å². The number of nitrogens with one attached hydrogen (secondary N) is 1. The fourth-order valence-corrected chi connectivity index (χ4v) is 3.11. The van der Waals surface area contributed by atoms with Gasteiger partial charge in [0.15, 0.2) is 0 Å². The van der Waals surface area contributed by atoms with Gasteiger partial charge in [-0.25, -0.2) is 0 Å². The summed E-state index contributed by atoms with van der Waals surface area (Å²) in [6.07, 6.45) is 3.17. The van der Waals surface area contributed by atoms with Crippen LogP contribution in [0.25, 0.3) is 0 Å². The summed E-state index contributed by atoms with van der Waals surface area (Å²) in [6.45, 7) is 1.95. The van der Waals surface area contributed by atoms with Crippen LogP contribution in [0.3, 0.4) is 0 Å². The summed E-state index contributed by atoms with van der Waals surface area (Å²) < 4.78 is 5.37. The molecule has 0 aliphatic carbocycles. The van der Waals surface area contributed by atoms with Gasteiger partial charge >= 0.3 is 0 Å². The number of amides is 2. The number of benzene rings is 1. The summed E-state index contributed by atoms with van der Waals surface area (Å²) in [6, 6.07) is 7.10. The van der Waals surface area contributed by atoms with Crippen molar-refractivity contribution in [3.63, 3.8) is 0 Å². The van der Waals surface area contributed by atoms with Gasteiger partial charge in [0.2, 0.25) is 0 Å². The molecule has 3 rings (SSSR count). The molecule has 23 heavy (non-hydrogen) atoms. The Morgan fingerprint density at radius 1 is 1.26 bits per heavy atom. The first kappa shape index (κ1) is 16.0. The minimum Gasteiger partial charge on any atom is -0.368 e. The van der Waals surface area contributed by atoms with E-state index in [2.05, 4.69) is 5.32 Å². The molecule has 6 heteroatoms. The molecule has 3 N–H and O–H groups in total. The fourth-order valence-electron chi connectivity index (χ4n) is 3.11. The highest BCUT2D eigenvalue weighted by atomic mass is 16.5. The number of ether oxygens (including phenoxy) is 1. The van der Waals surface area contributed by atoms with Gasteiger partial charge in [-0.2, -0.15) is 0 Å². The van der Waals surface area contributed by atoms with E-state index in [1.165, 1.54) is 0 Å². The summed E-state index contributed by atoms with van der Waals surface area (Å²) in [5.74, 6) is -0.180. The molecule has 2 unspecified atom stereocenters. The highest BCUT2D eigenvalue weighted by Gasteiger charge is 2.25. The number of likely N-dealkylation sites (tertiary alicyclic amines) is 1. The van der Waals surface area contributed by atoms with Crippen molar-refractivity contribution in [1.29, 1.82) is 0 Å². The maximum atomic E-state index is 12.6. The van der Waals surface area contributed by atoms with Gasteiger partial charge in [0.25, 0.3) is 11.8 Å². The van der Waals surface area contributed by atoms with E-state index in [9.17, 15) is 9.59 Å². The Balaban J connectivity index is 1.66. The zero-order valence-electron chi connectivity index (χ0n) is 13.2. The number of hydrogen-bond acceptors (Lipinski definition) is 4. The van der Waals surface area contributed by atoms with E-state index in [1.54, 1.807) is 29.2 Å². The molecule has 0 radical (unpaired) electrons. The van der Waals surface area contributed by atoms with Crippen LogP contribution in [-0.2, 0) is 9.53 Å². The molecule has 0 bridgehead atoms. The minimum absolute atomic E-state index is 0.0339. The molecule has 2 saturated heterocycles. The zero-order chi connectivity index (χ0) is 16.2. The first-order chi connectivity index (χ1) is 11.1. The van der Waals surface area contributed by atoms with Crippen LogP contribution in [-0.4, -0.2) is 48.6 Å². The van der Waals surface area contributed by atoms with Crippen LogP contribution >= 0.6 is 0 Å². The monoisotopic (exact) mass is 317 g/mol. The molecule has 2 amide bonds. The lowest BCUT2D eigenvalue weighted by Crippen LogP contribution is -2.45. The quantitative estimate of drug-likeness (QED) is 0.882. The zero-order valence-corrected chi connectivity index (χ0v) is 13.2. The van der Waals surface area contributed by atoms with Gasteiger partial charge in [-0.3, -0.25) is 9.59 Å². The molecule has 2 aliphatic heterocycles. The highest BCUT2D eigenvalue weighted by molar-refractivity contribution is 5.98. The molecule has 2 heterocycles. The fraction of sp³-hybridized carbons (Fsp3) is 0.529. The second-order valence-corrected chi connectivity index (χ2v) is 6.23. The third kappa shape index (κ3) is 3.89. The van der Waals surface area contributed by atoms with Crippen LogP contribution in [0, 0.1) is 0 Å². The van der Waals surface area contributed by atoms with Crippen LogP contribution in [0.5, 0.6) is 0 Å². The second-order valence-electron chi connectivity index (χ2n) is 6.23. The van der Waals surface area contributed by atoms with E-state index >= 15 is 0 Å². The molecule has 124 valence electrons. The smallest absolute Gasteiger partial charge is 0.253 e. The van der Waals surface area contributed by atoms with Crippen molar-refractivity contribution in [2.75, 3.05) is 25.0 Å². The lowest BCUT2D eigenvalue weighted by atomic mass is 10.1. The Hall–Kier alpha value is -1.92. The van der Waals surface area contributed by atoms with Crippen molar-refractivity contribution in [3.8, 4) is 0 Å². The van der Waals surface area contributed by atoms with Gasteiger partial charge < -0.3 is 20.7 Å². The SMILES string of the molecule is NC1CCCN(C(=O)c2cccc(NC(=O)C3CCCO3)c2)C1. The molecule has 6 nitrogen and oxygen atoms in total. The minimum atomic E-state index is -0.380. The number of nitrogens with zero attached hydrogens (tertiary/aromatic N) is 1. The molecule has 0 saturated carbocycles. The highest BCUT2D eigenvalue weighted by Crippen LogP contribution is 2.18. The summed E-state index contributed by atoms with van der Waals surface area (Å²) >= 11 is 0. The van der Waals surface area contributed by atoms with Gasteiger partial charge in [-0.15, -0.1) is 0 Å². The van der Waals surface area contributed by atoms with Gasteiger partial charge in [0, 0.05) is 37.0 Å². The van der Waals surface area contributed by atoms with E-state index in [1.807, 2.05) is 0 Å². The van der Waals surface area contributed by atoms with Crippen molar-refractivity contribution in [2.45, 2.75) is 37.8 Å². The van der Waals surface area contributed by atoms with Crippen LogP contribution in [0.2, 0.25) is 0 Å². The third-order valence-electron chi connectivity index (χ3n) is 4.34. The predicted octanol–water partition coefficient (Wildman–Crippen LogP) is 1.37. The normalized spacial score (nSPS) is 24.5. The van der Waals surface area contributed by atoms with Crippen molar-refractivity contribution in [2.24, 2.45) is 5.73 Å². The van der Waals surface area contributed by atoms with Gasteiger partial charge in [0.05, 0.1) is 0 Å². The Bertz CT molecular complexity index is 584. The molecule has 1 aromatic carbocycles. The first-order valence-corrected chi connectivity index (χ1v) is 8.21. The molecular weight excluding hydrogens is 294 g/mol. The molecule has 1 aromatic rings. The lowest BCUT2D eigenvalue weighted by Gasteiger charge is -2.30. The van der Waals surface area contributed by atoms with Gasteiger partial charge in [-0.1, -0.05) is 6.07 Å². The van der Waals surface area contributed by atoms with Crippen LogP contribution < -0.4 is 11.1 Å². The molecule has 0 aromatic heterocycles. The Kier molecular flexibility index (Phi) is 4.93. The average Bonchev–Trinajstić information content (AvgIpc) is 3.09. The third-order valence-corrected chi connectivity index (χ3v) is 4.34. The van der Waals surface area contributed by atoms with Crippen molar-refractivity contribution >= 4 is 17.5 Å². The first-order valence-electron chi connectivity index (χ1n) is 8.21. The Morgan fingerprint density at radius 3 is 2.87 bits per heavy atom. The summed E-state index contributed by atoms with van der Waals surface area (Å²) in [7, 11) is 0. The van der Waals surface area contributed by atoms with Crippen LogP contribution in [0.1, 0.15) is 36.0 Å². The number of piperidine rings is 1. The number of carbonyl (C=O) groups excluding carboxylic acids is 2. The summed E-state index contributed by atoms with van der Waals surface area (Å²) in [4.78, 5) is 26.5. The standard InChI is InChI=1S/C17H23N3O3/c18-13-5-2-8-20(11-13)17(22)12-4-1-6-14(10-12)19-16(21)15-7-3-9-23-15/h1,4,6,10,13,15H,2-3,5,7-9,11,18H2,(H,19,21). The number of rotatable bonds is 3. The topological polar surface area (TPSA) is 84.7 Å². The largest absolute Gasteiger partial charge is 0.368 e. The van der Waals surface area contributed by atoms with Crippen molar-refractivity contribution in [3.05, 3.63) is 29.8 Å². The molecular formula is C17H23N3O3. The molecule has 0 spiro atoms. The lowest BCUT2D eigenvalue weighted by molar-refractivity contribution is -0.124. The number of nitrogens with two attached hydrogens (primary N) is 1. The number of carbonyl (C=O) groups is 2.